The van der Waals surface area contributed by atoms with E-state index in [1.165, 1.54) is 16.0 Å². The van der Waals surface area contributed by atoms with Gasteiger partial charge in [0.15, 0.2) is 23.3 Å². The molecule has 3 aromatic rings. The van der Waals surface area contributed by atoms with Gasteiger partial charge >= 0.3 is 6.18 Å². The van der Waals surface area contributed by atoms with Crippen LogP contribution in [0.2, 0.25) is 5.02 Å². The first-order valence-corrected chi connectivity index (χ1v) is 12.0. The summed E-state index contributed by atoms with van der Waals surface area (Å²) in [6, 6.07) is 4.05. The number of halogens is 5. The number of alkyl halides is 3. The molecule has 0 aromatic carbocycles. The molecule has 5 heterocycles. The summed E-state index contributed by atoms with van der Waals surface area (Å²) < 4.78 is 63.7. The van der Waals surface area contributed by atoms with Gasteiger partial charge in [0, 0.05) is 51.2 Å². The van der Waals surface area contributed by atoms with Gasteiger partial charge in [-0.15, -0.1) is 0 Å². The predicted molar refractivity (Wildman–Crippen MR) is 126 cm³/mol. The summed E-state index contributed by atoms with van der Waals surface area (Å²) in [6.07, 6.45) is -5.92. The molecule has 0 aliphatic carbocycles. The van der Waals surface area contributed by atoms with Crippen molar-refractivity contribution in [2.45, 2.75) is 32.2 Å². The van der Waals surface area contributed by atoms with Crippen LogP contribution in [-0.2, 0) is 4.74 Å². The highest BCUT2D eigenvalue weighted by Crippen LogP contribution is 2.32. The van der Waals surface area contributed by atoms with Gasteiger partial charge in [0.2, 0.25) is 5.65 Å². The molecule has 3 aromatic heterocycles. The van der Waals surface area contributed by atoms with Gasteiger partial charge in [0.1, 0.15) is 0 Å². The van der Waals surface area contributed by atoms with Crippen molar-refractivity contribution in [3.05, 3.63) is 40.4 Å². The Balaban J connectivity index is 1.20. The minimum atomic E-state index is -4.47. The fourth-order valence-electron chi connectivity index (χ4n) is 4.20. The van der Waals surface area contributed by atoms with Crippen molar-refractivity contribution in [2.75, 3.05) is 49.1 Å². The van der Waals surface area contributed by atoms with Gasteiger partial charge in [0.25, 0.3) is 11.9 Å². The van der Waals surface area contributed by atoms with Crippen molar-refractivity contribution >= 4 is 40.6 Å². The number of aromatic nitrogens is 3. The zero-order valence-corrected chi connectivity index (χ0v) is 20.7. The van der Waals surface area contributed by atoms with Gasteiger partial charge in [-0.1, -0.05) is 11.6 Å². The molecule has 1 unspecified atom stereocenters. The van der Waals surface area contributed by atoms with E-state index in [4.69, 9.17) is 20.8 Å². The van der Waals surface area contributed by atoms with Gasteiger partial charge in [-0.05, 0) is 26.0 Å². The van der Waals surface area contributed by atoms with Crippen LogP contribution < -0.4 is 9.80 Å². The lowest BCUT2D eigenvalue weighted by Crippen LogP contribution is -2.55. The summed E-state index contributed by atoms with van der Waals surface area (Å²) in [5.41, 5.74) is 1.82. The normalized spacial score (nSPS) is 17.9. The molecule has 198 valence electrons. The van der Waals surface area contributed by atoms with E-state index in [0.717, 1.165) is 12.6 Å². The van der Waals surface area contributed by atoms with Crippen LogP contribution in [0, 0.1) is 12.7 Å². The molecule has 0 spiro atoms. The highest BCUT2D eigenvalue weighted by Gasteiger charge is 2.42. The zero-order chi connectivity index (χ0) is 26.5. The van der Waals surface area contributed by atoms with E-state index in [0.29, 0.717) is 43.4 Å². The molecule has 0 N–H and O–H groups in total. The third-order valence-corrected chi connectivity index (χ3v) is 6.77. The Hall–Kier alpha value is -3.19. The Morgan fingerprint density at radius 3 is 2.54 bits per heavy atom. The number of pyridine rings is 2. The number of nitrogens with zero attached hydrogens (tertiary/aromatic N) is 6. The first-order valence-electron chi connectivity index (χ1n) is 11.6. The smallest absolute Gasteiger partial charge is 0.414 e. The first-order chi connectivity index (χ1) is 17.5. The molecule has 1 atom stereocenters. The maximum absolute atomic E-state index is 15.0. The molecule has 2 aliphatic rings. The number of piperazine rings is 1. The largest absolute Gasteiger partial charge is 0.422 e. The Morgan fingerprint density at radius 1 is 1.16 bits per heavy atom. The first kappa shape index (κ1) is 25.5. The predicted octanol–water partition coefficient (Wildman–Crippen LogP) is 3.84. The molecule has 0 saturated carbocycles. The number of rotatable bonds is 5. The van der Waals surface area contributed by atoms with Crippen LogP contribution >= 0.6 is 11.6 Å². The summed E-state index contributed by atoms with van der Waals surface area (Å²) in [6.45, 7) is 4.37. The van der Waals surface area contributed by atoms with Crippen molar-refractivity contribution in [2.24, 2.45) is 0 Å². The Morgan fingerprint density at radius 2 is 1.86 bits per heavy atom. The van der Waals surface area contributed by atoms with Gasteiger partial charge in [-0.3, -0.25) is 4.79 Å². The van der Waals surface area contributed by atoms with Crippen molar-refractivity contribution in [1.82, 2.24) is 19.9 Å². The number of amides is 1. The van der Waals surface area contributed by atoms with Crippen LogP contribution in [0.5, 0.6) is 0 Å². The average Bonchev–Trinajstić information content (AvgIpc) is 3.25. The summed E-state index contributed by atoms with van der Waals surface area (Å²) in [5, 5.41) is -0.383. The van der Waals surface area contributed by atoms with E-state index < -0.39 is 30.1 Å². The minimum absolute atomic E-state index is 0.0286. The number of carbonyl (C=O) groups excluding carboxylic acids is 1. The second-order valence-electron chi connectivity index (χ2n) is 9.02. The van der Waals surface area contributed by atoms with E-state index in [-0.39, 0.29) is 29.5 Å². The Labute approximate surface area is 214 Å². The minimum Gasteiger partial charge on any atom is -0.422 e. The van der Waals surface area contributed by atoms with E-state index in [2.05, 4.69) is 15.0 Å². The highest BCUT2D eigenvalue weighted by atomic mass is 35.5. The summed E-state index contributed by atoms with van der Waals surface area (Å²) in [4.78, 5) is 30.7. The van der Waals surface area contributed by atoms with Crippen molar-refractivity contribution in [3.8, 4) is 0 Å². The van der Waals surface area contributed by atoms with Gasteiger partial charge < -0.3 is 23.9 Å². The van der Waals surface area contributed by atoms with Crippen LogP contribution in [0.3, 0.4) is 0 Å². The number of ether oxygens (including phenoxy) is 1. The summed E-state index contributed by atoms with van der Waals surface area (Å²) in [7, 11) is 0. The second kappa shape index (κ2) is 9.60. The van der Waals surface area contributed by atoms with Crippen LogP contribution in [0.1, 0.15) is 23.0 Å². The maximum atomic E-state index is 15.0. The molecule has 2 aliphatic heterocycles. The van der Waals surface area contributed by atoms with Gasteiger partial charge in [0.05, 0.1) is 16.7 Å². The molecule has 0 radical (unpaired) electrons. The fourth-order valence-corrected chi connectivity index (χ4v) is 4.41. The zero-order valence-electron chi connectivity index (χ0n) is 19.9. The Bertz CT molecular complexity index is 1320. The van der Waals surface area contributed by atoms with Crippen LogP contribution in [0.4, 0.5) is 29.4 Å². The van der Waals surface area contributed by atoms with E-state index in [1.807, 2.05) is 17.9 Å². The monoisotopic (exact) mass is 542 g/mol. The molecule has 14 heteroatoms. The number of fused-ring (bicyclic) bond motifs is 1. The third kappa shape index (κ3) is 5.01. The number of hydrogen-bond donors (Lipinski definition) is 0. The lowest BCUT2D eigenvalue weighted by atomic mass is 10.1. The molecule has 5 rings (SSSR count). The van der Waals surface area contributed by atoms with E-state index >= 15 is 0 Å². The molecule has 37 heavy (non-hydrogen) atoms. The number of oxazole rings is 1. The molecular weight excluding hydrogens is 520 g/mol. The topological polar surface area (TPSA) is 87.8 Å². The Kier molecular flexibility index (Phi) is 6.61. The van der Waals surface area contributed by atoms with Crippen molar-refractivity contribution < 1.29 is 31.5 Å². The number of hydrogen-bond acceptors (Lipinski definition) is 8. The number of anilines is 2. The van der Waals surface area contributed by atoms with Crippen LogP contribution in [0.15, 0.2) is 22.7 Å². The van der Waals surface area contributed by atoms with Crippen LogP contribution in [0.25, 0.3) is 11.2 Å². The second-order valence-corrected chi connectivity index (χ2v) is 9.40. The summed E-state index contributed by atoms with van der Waals surface area (Å²) in [5.74, 6) is -1.50. The van der Waals surface area contributed by atoms with Crippen molar-refractivity contribution in [1.29, 1.82) is 0 Å². The SMILES string of the molecule is Cc1ccc2oc(N3CCN(C(=O)c4cnc(N5CC(OC(C)C(F)(F)F)C5)c(F)c4Cl)CC3)nc2n1. The molecule has 2 saturated heterocycles. The standard InChI is InChI=1S/C23H23ClF4N6O3/c1-12-3-4-16-19(30-12)31-22(37-16)33-7-5-32(6-8-33)21(35)15-9-29-20(18(25)17(15)24)34-10-14(11-34)36-13(2)23(26,27)28/h3-4,9,13-14H,5-8,10-11H2,1-2H3. The average molecular weight is 543 g/mol. The lowest BCUT2D eigenvalue weighted by Gasteiger charge is -2.41. The lowest BCUT2D eigenvalue weighted by molar-refractivity contribution is -0.228. The summed E-state index contributed by atoms with van der Waals surface area (Å²) >= 11 is 6.19. The maximum Gasteiger partial charge on any atom is 0.414 e. The van der Waals surface area contributed by atoms with Crippen molar-refractivity contribution in [3.63, 3.8) is 0 Å². The molecule has 0 bridgehead atoms. The van der Waals surface area contributed by atoms with Gasteiger partial charge in [-0.2, -0.15) is 18.2 Å². The van der Waals surface area contributed by atoms with E-state index in [1.54, 1.807) is 6.07 Å². The highest BCUT2D eigenvalue weighted by molar-refractivity contribution is 6.34. The molecular formula is C23H23ClF4N6O3. The quantitative estimate of drug-likeness (QED) is 0.450. The van der Waals surface area contributed by atoms with Crippen LogP contribution in [-0.4, -0.2) is 83.4 Å². The fraction of sp³-hybridized carbons (Fsp3) is 0.478. The molecule has 9 nitrogen and oxygen atoms in total. The van der Waals surface area contributed by atoms with Gasteiger partial charge in [-0.25, -0.2) is 14.4 Å². The van der Waals surface area contributed by atoms with E-state index in [9.17, 15) is 22.4 Å². The number of carbonyl (C=O) groups is 1. The third-order valence-electron chi connectivity index (χ3n) is 6.40. The number of aryl methyl sites for hydroxylation is 1. The molecule has 1 amide bonds. The molecule has 2 fully saturated rings.